The highest BCUT2D eigenvalue weighted by molar-refractivity contribution is 7.94. The highest BCUT2D eigenvalue weighted by Crippen LogP contribution is 2.12. The summed E-state index contributed by atoms with van der Waals surface area (Å²) in [5, 5.41) is 1.26. The van der Waals surface area contributed by atoms with Crippen molar-refractivity contribution in [3.05, 3.63) is 11.5 Å². The van der Waals surface area contributed by atoms with E-state index in [2.05, 4.69) is 6.92 Å². The summed E-state index contributed by atoms with van der Waals surface area (Å²) < 4.78 is 27.6. The number of hydrogen-bond donors (Lipinski definition) is 0. The van der Waals surface area contributed by atoms with E-state index in [1.807, 2.05) is 0 Å². The molecule has 0 bridgehead atoms. The van der Waals surface area contributed by atoms with Crippen molar-refractivity contribution in [1.29, 1.82) is 0 Å². The third kappa shape index (κ3) is 5.66. The van der Waals surface area contributed by atoms with Crippen LogP contribution >= 0.6 is 0 Å². The lowest BCUT2D eigenvalue weighted by Gasteiger charge is -2.08. The smallest absolute Gasteiger partial charge is 0.174 e. The van der Waals surface area contributed by atoms with Gasteiger partial charge in [0.15, 0.2) is 9.84 Å². The van der Waals surface area contributed by atoms with Crippen LogP contribution in [0.15, 0.2) is 11.5 Å². The number of unbranched alkanes of at least 4 members (excludes halogenated alkanes) is 5. The van der Waals surface area contributed by atoms with Crippen molar-refractivity contribution in [3.63, 3.8) is 0 Å². The molecule has 0 saturated heterocycles. The average molecular weight is 246 g/mol. The van der Waals surface area contributed by atoms with Crippen LogP contribution in [0.5, 0.6) is 0 Å². The van der Waals surface area contributed by atoms with E-state index in [-0.39, 0.29) is 11.9 Å². The van der Waals surface area contributed by atoms with E-state index in [4.69, 9.17) is 4.74 Å². The minimum Gasteiger partial charge on any atom is -0.373 e. The quantitative estimate of drug-likeness (QED) is 0.618. The highest BCUT2D eigenvalue weighted by atomic mass is 32.2. The Morgan fingerprint density at radius 1 is 1.19 bits per heavy atom. The zero-order valence-electron chi connectivity index (χ0n) is 10.0. The van der Waals surface area contributed by atoms with Crippen molar-refractivity contribution in [1.82, 2.24) is 0 Å². The first-order valence-electron chi connectivity index (χ1n) is 6.16. The van der Waals surface area contributed by atoms with Crippen LogP contribution in [0.1, 0.15) is 45.4 Å². The molecule has 0 saturated carbocycles. The molecule has 1 rings (SSSR count). The van der Waals surface area contributed by atoms with Gasteiger partial charge in [-0.25, -0.2) is 8.42 Å². The number of hydrogen-bond acceptors (Lipinski definition) is 3. The third-order valence-corrected chi connectivity index (χ3v) is 4.09. The molecule has 1 unspecified atom stereocenters. The molecule has 3 nitrogen and oxygen atoms in total. The Hall–Kier alpha value is -0.350. The van der Waals surface area contributed by atoms with E-state index >= 15 is 0 Å². The van der Waals surface area contributed by atoms with E-state index in [1.54, 1.807) is 6.08 Å². The summed E-state index contributed by atoms with van der Waals surface area (Å²) in [5.41, 5.74) is 0. The molecule has 1 heterocycles. The van der Waals surface area contributed by atoms with Crippen molar-refractivity contribution >= 4 is 9.84 Å². The van der Waals surface area contributed by atoms with Gasteiger partial charge in [0.05, 0.1) is 11.9 Å². The topological polar surface area (TPSA) is 43.4 Å². The van der Waals surface area contributed by atoms with Crippen LogP contribution < -0.4 is 0 Å². The van der Waals surface area contributed by atoms with Crippen molar-refractivity contribution < 1.29 is 13.2 Å². The van der Waals surface area contributed by atoms with Gasteiger partial charge in [0.2, 0.25) is 0 Å². The zero-order chi connectivity index (χ0) is 11.9. The molecule has 0 fully saturated rings. The number of ether oxygens (including phenoxy) is 1. The molecule has 0 N–H and O–H groups in total. The molecule has 1 aliphatic rings. The number of rotatable bonds is 8. The van der Waals surface area contributed by atoms with E-state index in [0.717, 1.165) is 6.42 Å². The first-order chi connectivity index (χ1) is 7.64. The van der Waals surface area contributed by atoms with Crippen molar-refractivity contribution in [2.24, 2.45) is 0 Å². The van der Waals surface area contributed by atoms with Crippen LogP contribution in [0.4, 0.5) is 0 Å². The summed E-state index contributed by atoms with van der Waals surface area (Å²) in [6, 6.07) is 0. The summed E-state index contributed by atoms with van der Waals surface area (Å²) in [7, 11) is -2.96. The molecule has 0 aromatic heterocycles. The Morgan fingerprint density at radius 2 is 1.88 bits per heavy atom. The second-order valence-corrected chi connectivity index (χ2v) is 6.27. The fourth-order valence-electron chi connectivity index (χ4n) is 1.77. The molecule has 4 heteroatoms. The molecule has 1 aliphatic heterocycles. The zero-order valence-corrected chi connectivity index (χ0v) is 10.8. The Labute approximate surface area is 98.8 Å². The SMILES string of the molecule is CCCCCCCCOC1C=CS(=O)(=O)C1. The van der Waals surface area contributed by atoms with Gasteiger partial charge >= 0.3 is 0 Å². The van der Waals surface area contributed by atoms with Gasteiger partial charge in [-0.15, -0.1) is 0 Å². The molecular weight excluding hydrogens is 224 g/mol. The van der Waals surface area contributed by atoms with Crippen LogP contribution in [0, 0.1) is 0 Å². The van der Waals surface area contributed by atoms with Gasteiger partial charge < -0.3 is 4.74 Å². The summed E-state index contributed by atoms with van der Waals surface area (Å²) in [6.45, 7) is 2.88. The second-order valence-electron chi connectivity index (χ2n) is 4.34. The van der Waals surface area contributed by atoms with E-state index in [9.17, 15) is 8.42 Å². The molecule has 0 amide bonds. The average Bonchev–Trinajstić information content (AvgIpc) is 2.57. The Bertz CT molecular complexity index is 306. The summed E-state index contributed by atoms with van der Waals surface area (Å²) >= 11 is 0. The molecule has 0 aromatic carbocycles. The highest BCUT2D eigenvalue weighted by Gasteiger charge is 2.21. The lowest BCUT2D eigenvalue weighted by molar-refractivity contribution is 0.0974. The molecule has 16 heavy (non-hydrogen) atoms. The van der Waals surface area contributed by atoms with E-state index in [0.29, 0.717) is 6.61 Å². The fraction of sp³-hybridized carbons (Fsp3) is 0.833. The first kappa shape index (κ1) is 13.7. The molecule has 1 atom stereocenters. The maximum Gasteiger partial charge on any atom is 0.174 e. The lowest BCUT2D eigenvalue weighted by atomic mass is 10.1. The predicted octanol–water partition coefficient (Wildman–Crippen LogP) is 2.67. The van der Waals surface area contributed by atoms with Gasteiger partial charge in [-0.1, -0.05) is 39.0 Å². The fourth-order valence-corrected chi connectivity index (χ4v) is 2.96. The summed E-state index contributed by atoms with van der Waals surface area (Å²) in [5.74, 6) is 0.128. The monoisotopic (exact) mass is 246 g/mol. The van der Waals surface area contributed by atoms with Crippen LogP contribution in [-0.2, 0) is 14.6 Å². The van der Waals surface area contributed by atoms with Gasteiger partial charge in [0, 0.05) is 12.0 Å². The maximum atomic E-state index is 11.1. The Morgan fingerprint density at radius 3 is 2.50 bits per heavy atom. The van der Waals surface area contributed by atoms with Crippen LogP contribution in [0.2, 0.25) is 0 Å². The van der Waals surface area contributed by atoms with Crippen LogP contribution in [0.3, 0.4) is 0 Å². The van der Waals surface area contributed by atoms with Gasteiger partial charge in [0.25, 0.3) is 0 Å². The standard InChI is InChI=1S/C12H22O3S/c1-2-3-4-5-6-7-9-15-12-8-10-16(13,14)11-12/h8,10,12H,2-7,9,11H2,1H3. The molecular formula is C12H22O3S. The number of sulfone groups is 1. The predicted molar refractivity (Wildman–Crippen MR) is 66.0 cm³/mol. The summed E-state index contributed by atoms with van der Waals surface area (Å²) in [6.07, 6.45) is 8.79. The largest absolute Gasteiger partial charge is 0.373 e. The minimum atomic E-state index is -2.96. The molecule has 0 radical (unpaired) electrons. The van der Waals surface area contributed by atoms with Crippen molar-refractivity contribution in [2.45, 2.75) is 51.6 Å². The molecule has 94 valence electrons. The maximum absolute atomic E-state index is 11.1. The van der Waals surface area contributed by atoms with E-state index < -0.39 is 9.84 Å². The van der Waals surface area contributed by atoms with Gasteiger partial charge in [-0.05, 0) is 12.5 Å². The van der Waals surface area contributed by atoms with Gasteiger partial charge in [-0.3, -0.25) is 0 Å². The second kappa shape index (κ2) is 7.07. The van der Waals surface area contributed by atoms with E-state index in [1.165, 1.54) is 37.5 Å². The Kier molecular flexibility index (Phi) is 6.06. The van der Waals surface area contributed by atoms with Crippen LogP contribution in [-0.4, -0.2) is 26.9 Å². The molecule has 0 aromatic rings. The third-order valence-electron chi connectivity index (χ3n) is 2.73. The van der Waals surface area contributed by atoms with Crippen molar-refractivity contribution in [3.8, 4) is 0 Å². The van der Waals surface area contributed by atoms with Crippen LogP contribution in [0.25, 0.3) is 0 Å². The summed E-state index contributed by atoms with van der Waals surface area (Å²) in [4.78, 5) is 0. The van der Waals surface area contributed by atoms with Gasteiger partial charge in [0.1, 0.15) is 0 Å². The van der Waals surface area contributed by atoms with Crippen molar-refractivity contribution in [2.75, 3.05) is 12.4 Å². The lowest BCUT2D eigenvalue weighted by Crippen LogP contribution is -2.15. The Balaban J connectivity index is 1.95. The molecule has 0 spiro atoms. The molecule has 0 aliphatic carbocycles. The normalized spacial score (nSPS) is 22.7. The minimum absolute atomic E-state index is 0.128. The first-order valence-corrected chi connectivity index (χ1v) is 7.88. The van der Waals surface area contributed by atoms with Gasteiger partial charge in [-0.2, -0.15) is 0 Å².